The quantitative estimate of drug-likeness (QED) is 0.761. The van der Waals surface area contributed by atoms with E-state index in [9.17, 15) is 4.79 Å². The highest BCUT2D eigenvalue weighted by Gasteiger charge is 2.13. The number of nitrogens with one attached hydrogen (secondary N) is 1. The third-order valence-corrected chi connectivity index (χ3v) is 4.66. The van der Waals surface area contributed by atoms with Crippen molar-refractivity contribution in [3.05, 3.63) is 77.5 Å². The van der Waals surface area contributed by atoms with E-state index >= 15 is 0 Å². The standard InChI is InChI=1S/C19H18NOS/c1-13-6-5-7-15(10-13)11-14(2)20-19(21)18-12-16-8-3-4-9-17(16)22-18/h3-10,12,14H,2,11H2,1H3,(H,20,21)/t14-/m1/s1. The fourth-order valence-corrected chi connectivity index (χ4v) is 3.49. The van der Waals surface area contributed by atoms with Gasteiger partial charge in [0.05, 0.1) is 4.88 Å². The van der Waals surface area contributed by atoms with E-state index in [0.29, 0.717) is 0 Å². The lowest BCUT2D eigenvalue weighted by Crippen LogP contribution is -2.33. The summed E-state index contributed by atoms with van der Waals surface area (Å²) >= 11 is 1.52. The minimum Gasteiger partial charge on any atom is -0.348 e. The summed E-state index contributed by atoms with van der Waals surface area (Å²) in [7, 11) is 0. The molecule has 1 heterocycles. The van der Waals surface area contributed by atoms with Crippen molar-refractivity contribution in [2.45, 2.75) is 19.4 Å². The van der Waals surface area contributed by atoms with Crippen LogP contribution in [-0.4, -0.2) is 11.9 Å². The Morgan fingerprint density at radius 2 is 2.00 bits per heavy atom. The monoisotopic (exact) mass is 308 g/mol. The van der Waals surface area contributed by atoms with Gasteiger partial charge in [0.25, 0.3) is 5.91 Å². The van der Waals surface area contributed by atoms with E-state index in [0.717, 1.165) is 21.4 Å². The first-order chi connectivity index (χ1) is 10.6. The average molecular weight is 308 g/mol. The van der Waals surface area contributed by atoms with Gasteiger partial charge in [0.2, 0.25) is 0 Å². The van der Waals surface area contributed by atoms with Gasteiger partial charge in [-0.05, 0) is 43.4 Å². The van der Waals surface area contributed by atoms with Crippen LogP contribution in [0.3, 0.4) is 0 Å². The van der Waals surface area contributed by atoms with Gasteiger partial charge in [-0.3, -0.25) is 4.79 Å². The third-order valence-electron chi connectivity index (χ3n) is 3.55. The Balaban J connectivity index is 1.68. The SMILES string of the molecule is [CH2][C@H](Cc1cccc(C)c1)NC(=O)c1cc2ccccc2s1. The summed E-state index contributed by atoms with van der Waals surface area (Å²) in [5.41, 5.74) is 2.41. The minimum atomic E-state index is -0.139. The Morgan fingerprint density at radius 1 is 1.18 bits per heavy atom. The van der Waals surface area contributed by atoms with Gasteiger partial charge in [-0.15, -0.1) is 11.3 Å². The molecule has 3 aromatic rings. The van der Waals surface area contributed by atoms with Crippen LogP contribution in [-0.2, 0) is 6.42 Å². The van der Waals surface area contributed by atoms with Crippen molar-refractivity contribution in [3.63, 3.8) is 0 Å². The summed E-state index contributed by atoms with van der Waals surface area (Å²) in [5.74, 6) is -0.0474. The Hall–Kier alpha value is -2.13. The molecule has 1 radical (unpaired) electrons. The molecule has 111 valence electrons. The Labute approximate surface area is 134 Å². The molecule has 0 bridgehead atoms. The van der Waals surface area contributed by atoms with Crippen LogP contribution in [0.4, 0.5) is 0 Å². The first-order valence-corrected chi connectivity index (χ1v) is 8.11. The first-order valence-electron chi connectivity index (χ1n) is 7.30. The molecule has 2 nitrogen and oxygen atoms in total. The van der Waals surface area contributed by atoms with Crippen LogP contribution in [0.5, 0.6) is 0 Å². The van der Waals surface area contributed by atoms with Gasteiger partial charge in [0, 0.05) is 10.7 Å². The van der Waals surface area contributed by atoms with E-state index in [4.69, 9.17) is 0 Å². The van der Waals surface area contributed by atoms with Gasteiger partial charge in [0.15, 0.2) is 0 Å². The van der Waals surface area contributed by atoms with Crippen molar-refractivity contribution in [2.75, 3.05) is 0 Å². The maximum absolute atomic E-state index is 12.3. The first kappa shape index (κ1) is 14.8. The highest BCUT2D eigenvalue weighted by atomic mass is 32.1. The van der Waals surface area contributed by atoms with Crippen LogP contribution in [0.15, 0.2) is 54.6 Å². The summed E-state index contributed by atoms with van der Waals surface area (Å²) < 4.78 is 1.13. The predicted octanol–water partition coefficient (Wildman–Crippen LogP) is 4.38. The molecule has 0 aliphatic carbocycles. The van der Waals surface area contributed by atoms with Gasteiger partial charge in [-0.1, -0.05) is 48.0 Å². The number of fused-ring (bicyclic) bond motifs is 1. The van der Waals surface area contributed by atoms with Crippen molar-refractivity contribution in [1.82, 2.24) is 5.32 Å². The molecule has 2 aromatic carbocycles. The van der Waals surface area contributed by atoms with Crippen molar-refractivity contribution in [1.29, 1.82) is 0 Å². The van der Waals surface area contributed by atoms with Crippen LogP contribution in [0.25, 0.3) is 10.1 Å². The van der Waals surface area contributed by atoms with Crippen molar-refractivity contribution in [3.8, 4) is 0 Å². The molecular formula is C19H18NOS. The third kappa shape index (κ3) is 3.37. The summed E-state index contributed by atoms with van der Waals surface area (Å²) in [4.78, 5) is 13.1. The zero-order valence-corrected chi connectivity index (χ0v) is 13.3. The molecule has 3 rings (SSSR count). The number of thiophene rings is 1. The highest BCUT2D eigenvalue weighted by molar-refractivity contribution is 7.20. The van der Waals surface area contributed by atoms with Crippen LogP contribution in [0, 0.1) is 13.8 Å². The maximum Gasteiger partial charge on any atom is 0.261 e. The zero-order valence-electron chi connectivity index (χ0n) is 12.5. The van der Waals surface area contributed by atoms with Gasteiger partial charge < -0.3 is 5.32 Å². The molecule has 1 amide bonds. The highest BCUT2D eigenvalue weighted by Crippen LogP contribution is 2.25. The van der Waals surface area contributed by atoms with Gasteiger partial charge in [-0.2, -0.15) is 0 Å². The maximum atomic E-state index is 12.3. The molecule has 0 unspecified atom stereocenters. The molecule has 1 atom stereocenters. The van der Waals surface area contributed by atoms with Crippen LogP contribution >= 0.6 is 11.3 Å². The second kappa shape index (κ2) is 6.32. The normalized spacial score (nSPS) is 12.3. The number of rotatable bonds is 4. The largest absolute Gasteiger partial charge is 0.348 e. The topological polar surface area (TPSA) is 29.1 Å². The smallest absolute Gasteiger partial charge is 0.261 e. The lowest BCUT2D eigenvalue weighted by Gasteiger charge is -2.13. The summed E-state index contributed by atoms with van der Waals surface area (Å²) in [6.45, 7) is 6.12. The molecule has 22 heavy (non-hydrogen) atoms. The Kier molecular flexibility index (Phi) is 4.25. The Bertz CT molecular complexity index is 773. The van der Waals surface area contributed by atoms with Crippen molar-refractivity contribution < 1.29 is 4.79 Å². The molecule has 0 spiro atoms. The van der Waals surface area contributed by atoms with E-state index in [2.05, 4.69) is 37.4 Å². The van der Waals surface area contributed by atoms with E-state index < -0.39 is 0 Å². The van der Waals surface area contributed by atoms with Crippen molar-refractivity contribution >= 4 is 27.3 Å². The number of carbonyl (C=O) groups is 1. The second-order valence-corrected chi connectivity index (χ2v) is 6.60. The number of benzene rings is 2. The summed E-state index contributed by atoms with van der Waals surface area (Å²) in [6.07, 6.45) is 0.734. The fraction of sp³-hybridized carbons (Fsp3) is 0.158. The zero-order chi connectivity index (χ0) is 15.5. The fourth-order valence-electron chi connectivity index (χ4n) is 2.52. The number of amides is 1. The van der Waals surface area contributed by atoms with E-state index in [1.165, 1.54) is 22.5 Å². The lowest BCUT2D eigenvalue weighted by atomic mass is 10.0. The number of hydrogen-bond donors (Lipinski definition) is 1. The molecule has 1 N–H and O–H groups in total. The Morgan fingerprint density at radius 3 is 2.77 bits per heavy atom. The number of aryl methyl sites for hydroxylation is 1. The number of hydrogen-bond acceptors (Lipinski definition) is 2. The molecule has 0 aliphatic rings. The molecule has 0 fully saturated rings. The van der Waals surface area contributed by atoms with Gasteiger partial charge in [0.1, 0.15) is 0 Å². The predicted molar refractivity (Wildman–Crippen MR) is 93.3 cm³/mol. The van der Waals surface area contributed by atoms with E-state index in [1.54, 1.807) is 0 Å². The lowest BCUT2D eigenvalue weighted by molar-refractivity contribution is 0.0948. The van der Waals surface area contributed by atoms with Crippen molar-refractivity contribution in [2.24, 2.45) is 0 Å². The van der Waals surface area contributed by atoms with E-state index in [1.807, 2.05) is 36.4 Å². The molecule has 1 aromatic heterocycles. The number of carbonyl (C=O) groups excluding carboxylic acids is 1. The molecule has 3 heteroatoms. The second-order valence-electron chi connectivity index (χ2n) is 5.51. The van der Waals surface area contributed by atoms with Crippen LogP contribution < -0.4 is 5.32 Å². The van der Waals surface area contributed by atoms with Crippen LogP contribution in [0.1, 0.15) is 20.8 Å². The molecular weight excluding hydrogens is 290 g/mol. The average Bonchev–Trinajstić information content (AvgIpc) is 2.91. The van der Waals surface area contributed by atoms with Gasteiger partial charge >= 0.3 is 0 Å². The molecule has 0 aliphatic heterocycles. The minimum absolute atomic E-state index is 0.0474. The van der Waals surface area contributed by atoms with E-state index in [-0.39, 0.29) is 11.9 Å². The summed E-state index contributed by atoms with van der Waals surface area (Å²) in [6, 6.07) is 18.1. The van der Waals surface area contributed by atoms with Gasteiger partial charge in [-0.25, -0.2) is 0 Å². The molecule has 0 saturated carbocycles. The summed E-state index contributed by atoms with van der Waals surface area (Å²) in [5, 5.41) is 4.09. The van der Waals surface area contributed by atoms with Crippen LogP contribution in [0.2, 0.25) is 0 Å². The molecule has 0 saturated heterocycles.